The SMILES string of the molecule is CCOC(=O)OC1/C(=C2\Nc3ccccc3C2OC(=O)OCC)Nc2ccccc21.O=C1C(c2[nH]c3ccccc3c2O)=Nc2ccccc21.OC1/C(=C2\Nc3ccccc3C2O)Nc2ccccc21. The van der Waals surface area contributed by atoms with Crippen molar-refractivity contribution in [2.24, 2.45) is 4.99 Å². The molecule has 0 radical (unpaired) electrons. The third-order valence-corrected chi connectivity index (χ3v) is 12.2. The number of para-hydroxylation sites is 6. The third kappa shape index (κ3) is 8.31. The first kappa shape index (κ1) is 44.9. The van der Waals surface area contributed by atoms with E-state index in [2.05, 4.69) is 31.2 Å². The molecule has 70 heavy (non-hydrogen) atoms. The number of ketones is 1. The Morgan fingerprint density at radius 2 is 0.957 bits per heavy atom. The zero-order valence-electron chi connectivity index (χ0n) is 37.7. The average molecular weight is 939 g/mol. The van der Waals surface area contributed by atoms with Crippen molar-refractivity contribution in [3.63, 3.8) is 0 Å². The number of ether oxygens (including phenoxy) is 4. The number of carbonyl (C=O) groups excluding carboxylic acids is 3. The average Bonchev–Trinajstić information content (AvgIpc) is 4.23. The summed E-state index contributed by atoms with van der Waals surface area (Å²) in [5.41, 5.74) is 11.6. The van der Waals surface area contributed by atoms with E-state index in [4.69, 9.17) is 18.9 Å². The number of hydrogen-bond acceptors (Lipinski definition) is 15. The highest BCUT2D eigenvalue weighted by molar-refractivity contribution is 6.55. The van der Waals surface area contributed by atoms with Crippen LogP contribution >= 0.6 is 0 Å². The minimum absolute atomic E-state index is 0.0699. The van der Waals surface area contributed by atoms with Crippen LogP contribution in [0.3, 0.4) is 0 Å². The van der Waals surface area contributed by atoms with Crippen molar-refractivity contribution in [3.05, 3.63) is 202 Å². The topological polar surface area (TPSA) is 225 Å². The molecule has 0 aliphatic carbocycles. The molecule has 0 spiro atoms. The van der Waals surface area contributed by atoms with E-state index >= 15 is 0 Å². The Bertz CT molecular complexity index is 3160. The molecule has 5 aliphatic rings. The molecule has 0 bridgehead atoms. The highest BCUT2D eigenvalue weighted by Gasteiger charge is 2.41. The summed E-state index contributed by atoms with van der Waals surface area (Å²) in [5.74, 6) is -0.0945. The summed E-state index contributed by atoms with van der Waals surface area (Å²) < 4.78 is 21.2. The lowest BCUT2D eigenvalue weighted by atomic mass is 10.0. The van der Waals surface area contributed by atoms with Gasteiger partial charge in [-0.2, -0.15) is 0 Å². The quantitative estimate of drug-likeness (QED) is 0.0752. The second-order valence-corrected chi connectivity index (χ2v) is 16.4. The van der Waals surface area contributed by atoms with Crippen molar-refractivity contribution >= 4 is 63.1 Å². The van der Waals surface area contributed by atoms with Gasteiger partial charge < -0.3 is 60.5 Å². The summed E-state index contributed by atoms with van der Waals surface area (Å²) in [5, 5.41) is 44.8. The largest absolute Gasteiger partial charge is 0.509 e. The Morgan fingerprint density at radius 3 is 1.43 bits per heavy atom. The monoisotopic (exact) mass is 938 g/mol. The Balaban J connectivity index is 0.000000125. The summed E-state index contributed by atoms with van der Waals surface area (Å²) in [6.07, 6.45) is -4.53. The molecule has 1 aromatic heterocycles. The number of H-pyrrole nitrogens is 1. The number of aliphatic imine (C=N–C) groups is 1. The molecule has 4 atom stereocenters. The molecule has 0 fully saturated rings. The van der Waals surface area contributed by atoms with Crippen LogP contribution in [0.5, 0.6) is 5.75 Å². The summed E-state index contributed by atoms with van der Waals surface area (Å²) in [6, 6.07) is 44.7. The number of rotatable bonds is 5. The highest BCUT2D eigenvalue weighted by atomic mass is 16.7. The zero-order valence-corrected chi connectivity index (χ0v) is 37.7. The number of fused-ring (bicyclic) bond motifs is 6. The van der Waals surface area contributed by atoms with E-state index in [0.29, 0.717) is 45.1 Å². The minimum atomic E-state index is -0.780. The van der Waals surface area contributed by atoms with Crippen molar-refractivity contribution in [2.45, 2.75) is 38.3 Å². The van der Waals surface area contributed by atoms with Crippen molar-refractivity contribution in [2.75, 3.05) is 34.5 Å². The minimum Gasteiger partial charge on any atom is -0.505 e. The molecule has 5 aliphatic heterocycles. The van der Waals surface area contributed by atoms with E-state index in [9.17, 15) is 29.7 Å². The number of Topliss-reactive ketones (excluding diaryl/α,β-unsaturated/α-hetero) is 1. The Labute approximate surface area is 400 Å². The molecule has 0 amide bonds. The van der Waals surface area contributed by atoms with Gasteiger partial charge in [0.1, 0.15) is 23.6 Å². The van der Waals surface area contributed by atoms with Crippen LogP contribution in [0.25, 0.3) is 10.9 Å². The summed E-state index contributed by atoms with van der Waals surface area (Å²) in [6.45, 7) is 3.81. The van der Waals surface area contributed by atoms with Gasteiger partial charge in [0.15, 0.2) is 18.0 Å². The lowest BCUT2D eigenvalue weighted by molar-refractivity contribution is 0.0317. The predicted octanol–water partition coefficient (Wildman–Crippen LogP) is 10.6. The number of benzene rings is 6. The molecule has 6 heterocycles. The fraction of sp³-hybridized carbons (Fsp3) is 0.148. The molecule has 6 aromatic carbocycles. The number of anilines is 4. The number of hydrogen-bond donors (Lipinski definition) is 8. The number of aliphatic hydroxyl groups excluding tert-OH is 2. The molecule has 8 N–H and O–H groups in total. The van der Waals surface area contributed by atoms with Gasteiger partial charge in [-0.1, -0.05) is 97.1 Å². The smallest absolute Gasteiger partial charge is 0.505 e. The van der Waals surface area contributed by atoms with Gasteiger partial charge in [0.05, 0.1) is 41.7 Å². The molecule has 352 valence electrons. The molecule has 7 aromatic rings. The van der Waals surface area contributed by atoms with Crippen molar-refractivity contribution in [1.82, 2.24) is 4.98 Å². The molecule has 0 saturated heterocycles. The normalized spacial score (nSPS) is 20.5. The molecule has 16 heteroatoms. The van der Waals surface area contributed by atoms with Crippen molar-refractivity contribution in [1.29, 1.82) is 0 Å². The van der Waals surface area contributed by atoms with Crippen LogP contribution in [0.2, 0.25) is 0 Å². The van der Waals surface area contributed by atoms with Gasteiger partial charge in [-0.05, 0) is 62.4 Å². The number of aliphatic hydroxyl groups is 2. The molecule has 16 nitrogen and oxygen atoms in total. The Kier molecular flexibility index (Phi) is 12.2. The molecule has 0 saturated carbocycles. The number of aromatic nitrogens is 1. The van der Waals surface area contributed by atoms with E-state index in [1.54, 1.807) is 38.1 Å². The lowest BCUT2D eigenvalue weighted by Gasteiger charge is -2.20. The van der Waals surface area contributed by atoms with Gasteiger partial charge in [-0.3, -0.25) is 4.79 Å². The van der Waals surface area contributed by atoms with Crippen LogP contribution in [-0.4, -0.2) is 57.3 Å². The van der Waals surface area contributed by atoms with Crippen molar-refractivity contribution < 1.29 is 48.7 Å². The van der Waals surface area contributed by atoms with Crippen LogP contribution in [0.15, 0.2) is 173 Å². The van der Waals surface area contributed by atoms with Crippen LogP contribution < -0.4 is 21.3 Å². The van der Waals surface area contributed by atoms with E-state index in [0.717, 1.165) is 50.5 Å². The van der Waals surface area contributed by atoms with E-state index in [1.807, 2.05) is 121 Å². The lowest BCUT2D eigenvalue weighted by Crippen LogP contribution is -2.20. The van der Waals surface area contributed by atoms with Gasteiger partial charge >= 0.3 is 12.3 Å². The fourth-order valence-electron chi connectivity index (χ4n) is 8.96. The van der Waals surface area contributed by atoms with Crippen LogP contribution in [0.4, 0.5) is 38.0 Å². The van der Waals surface area contributed by atoms with E-state index < -0.39 is 36.7 Å². The summed E-state index contributed by atoms with van der Waals surface area (Å²) in [4.78, 5) is 44.0. The zero-order chi connectivity index (χ0) is 48.5. The fourth-order valence-corrected chi connectivity index (χ4v) is 8.96. The van der Waals surface area contributed by atoms with Gasteiger partial charge in [0.25, 0.3) is 0 Å². The van der Waals surface area contributed by atoms with Gasteiger partial charge in [-0.15, -0.1) is 0 Å². The van der Waals surface area contributed by atoms with Crippen LogP contribution in [-0.2, 0) is 18.9 Å². The Hall–Kier alpha value is -8.86. The van der Waals surface area contributed by atoms with E-state index in [-0.39, 0.29) is 30.5 Å². The van der Waals surface area contributed by atoms with Crippen LogP contribution in [0, 0.1) is 0 Å². The van der Waals surface area contributed by atoms with E-state index in [1.165, 1.54) is 0 Å². The Morgan fingerprint density at radius 1 is 0.543 bits per heavy atom. The number of aromatic hydroxyl groups is 1. The number of nitrogens with one attached hydrogen (secondary N) is 5. The molecule has 4 unspecified atom stereocenters. The molecular formula is C54H46N6O10. The number of carbonyl (C=O) groups is 3. The highest BCUT2D eigenvalue weighted by Crippen LogP contribution is 2.48. The first-order valence-electron chi connectivity index (χ1n) is 22.6. The molecular weight excluding hydrogens is 893 g/mol. The maximum atomic E-state index is 12.4. The predicted molar refractivity (Wildman–Crippen MR) is 263 cm³/mol. The van der Waals surface area contributed by atoms with Gasteiger partial charge in [0, 0.05) is 61.5 Å². The van der Waals surface area contributed by atoms with Gasteiger partial charge in [0.2, 0.25) is 5.78 Å². The number of nitrogens with zero attached hydrogens (tertiary/aromatic N) is 1. The maximum absolute atomic E-state index is 12.4. The summed E-state index contributed by atoms with van der Waals surface area (Å²) >= 11 is 0. The maximum Gasteiger partial charge on any atom is 0.509 e. The summed E-state index contributed by atoms with van der Waals surface area (Å²) in [7, 11) is 0. The standard InChI is InChI=1S/C22H22N2O6.C16H14N2O2.C16H10N2O2/c1-3-27-21(25)29-19-13-9-5-7-11-15(13)23-17(19)18-20(30-22(26)28-4-2)14-10-6-8-12-16(14)24-18;2*19-15-9-5-1-3-7-11(9)17-13(15)14-16(20)10-6-2-4-8-12(10)18-14/h5-12,19-20,23-24H,3-4H2,1-2H3;1-8,15-20H;1-8,17,19H/b18-17+;14-13+;. The second kappa shape index (κ2) is 19.0. The number of aromatic amines is 1. The first-order chi connectivity index (χ1) is 34.1. The van der Waals surface area contributed by atoms with Gasteiger partial charge in [-0.25, -0.2) is 14.6 Å². The molecule has 12 rings (SSSR count). The van der Waals surface area contributed by atoms with Crippen molar-refractivity contribution in [3.8, 4) is 5.75 Å². The second-order valence-electron chi connectivity index (χ2n) is 16.4. The third-order valence-electron chi connectivity index (χ3n) is 12.2. The van der Waals surface area contributed by atoms with Crippen LogP contribution in [0.1, 0.15) is 76.6 Å². The first-order valence-corrected chi connectivity index (χ1v) is 22.6.